The molecule has 1 aromatic rings. The monoisotopic (exact) mass is 193 g/mol. The van der Waals surface area contributed by atoms with Crippen LogP contribution < -0.4 is 5.32 Å². The highest BCUT2D eigenvalue weighted by molar-refractivity contribution is 5.04. The van der Waals surface area contributed by atoms with Gasteiger partial charge in [0.25, 0.3) is 0 Å². The Labute approximate surface area is 85.5 Å². The van der Waals surface area contributed by atoms with E-state index in [4.69, 9.17) is 0 Å². The summed E-state index contributed by atoms with van der Waals surface area (Å²) < 4.78 is 1.86. The minimum atomic E-state index is 0.433. The molecule has 1 aliphatic rings. The molecule has 1 heterocycles. The van der Waals surface area contributed by atoms with Crippen molar-refractivity contribution >= 4 is 0 Å². The van der Waals surface area contributed by atoms with Gasteiger partial charge in [-0.25, -0.2) is 0 Å². The van der Waals surface area contributed by atoms with E-state index in [2.05, 4.69) is 23.5 Å². The number of hydrogen-bond acceptors (Lipinski definition) is 2. The summed E-state index contributed by atoms with van der Waals surface area (Å²) in [6.45, 7) is 3.39. The molecule has 3 heteroatoms. The number of nitrogens with zero attached hydrogens (tertiary/aromatic N) is 2. The molecule has 0 aromatic carbocycles. The maximum Gasteiger partial charge on any atom is 0.0522 e. The van der Waals surface area contributed by atoms with Gasteiger partial charge < -0.3 is 5.32 Å². The minimum absolute atomic E-state index is 0.433. The van der Waals surface area contributed by atoms with Crippen LogP contribution in [-0.2, 0) is 13.5 Å². The quantitative estimate of drug-likeness (QED) is 0.785. The summed E-state index contributed by atoms with van der Waals surface area (Å²) in [5.41, 5.74) is 1.75. The molecular formula is C11H19N3. The van der Waals surface area contributed by atoms with Gasteiger partial charge in [-0.3, -0.25) is 4.68 Å². The Bertz CT molecular complexity index is 299. The highest BCUT2D eigenvalue weighted by Gasteiger charge is 2.30. The van der Waals surface area contributed by atoms with E-state index in [1.807, 2.05) is 17.9 Å². The summed E-state index contributed by atoms with van der Waals surface area (Å²) in [5.74, 6) is 0. The fourth-order valence-electron chi connectivity index (χ4n) is 1.99. The Morgan fingerprint density at radius 2 is 2.36 bits per heavy atom. The fourth-order valence-corrected chi connectivity index (χ4v) is 1.99. The van der Waals surface area contributed by atoms with Gasteiger partial charge in [0.1, 0.15) is 0 Å². The first-order valence-corrected chi connectivity index (χ1v) is 5.41. The Morgan fingerprint density at radius 1 is 1.57 bits per heavy atom. The van der Waals surface area contributed by atoms with Crippen molar-refractivity contribution in [2.75, 3.05) is 6.54 Å². The Hall–Kier alpha value is -0.830. The maximum absolute atomic E-state index is 4.15. The molecule has 0 aliphatic heterocycles. The highest BCUT2D eigenvalue weighted by Crippen LogP contribution is 2.30. The molecule has 2 rings (SSSR count). The molecule has 3 nitrogen and oxygen atoms in total. The van der Waals surface area contributed by atoms with Crippen molar-refractivity contribution in [1.82, 2.24) is 15.1 Å². The Morgan fingerprint density at radius 3 is 2.86 bits per heavy atom. The van der Waals surface area contributed by atoms with E-state index in [0.29, 0.717) is 5.54 Å². The molecule has 0 radical (unpaired) electrons. The van der Waals surface area contributed by atoms with Gasteiger partial charge in [-0.15, -0.1) is 0 Å². The van der Waals surface area contributed by atoms with Gasteiger partial charge in [0, 0.05) is 18.8 Å². The molecule has 0 amide bonds. The summed E-state index contributed by atoms with van der Waals surface area (Å²) in [5, 5.41) is 7.77. The van der Waals surface area contributed by atoms with Gasteiger partial charge in [-0.05, 0) is 44.7 Å². The van der Waals surface area contributed by atoms with Gasteiger partial charge in [-0.2, -0.15) is 5.10 Å². The van der Waals surface area contributed by atoms with Crippen molar-refractivity contribution in [3.05, 3.63) is 18.0 Å². The maximum atomic E-state index is 4.15. The SMILES string of the molecule is Cn1cc(CCNC2(C)CCC2)cn1. The summed E-state index contributed by atoms with van der Waals surface area (Å²) in [7, 11) is 1.96. The number of nitrogens with one attached hydrogen (secondary N) is 1. The normalized spacial score (nSPS) is 19.3. The third kappa shape index (κ3) is 2.15. The molecule has 0 saturated heterocycles. The standard InChI is InChI=1S/C11H19N3/c1-11(5-3-6-11)12-7-4-10-8-13-14(2)9-10/h8-9,12H,3-7H2,1-2H3. The van der Waals surface area contributed by atoms with E-state index in [1.165, 1.54) is 24.8 Å². The van der Waals surface area contributed by atoms with Crippen LogP contribution in [0.3, 0.4) is 0 Å². The predicted octanol–water partition coefficient (Wildman–Crippen LogP) is 1.49. The van der Waals surface area contributed by atoms with Crippen molar-refractivity contribution in [3.8, 4) is 0 Å². The van der Waals surface area contributed by atoms with Crippen LogP contribution in [0.2, 0.25) is 0 Å². The van der Waals surface area contributed by atoms with E-state index in [9.17, 15) is 0 Å². The van der Waals surface area contributed by atoms with Gasteiger partial charge in [0.05, 0.1) is 6.20 Å². The largest absolute Gasteiger partial charge is 0.311 e. The van der Waals surface area contributed by atoms with Crippen LogP contribution in [0.25, 0.3) is 0 Å². The highest BCUT2D eigenvalue weighted by atomic mass is 15.2. The molecule has 1 saturated carbocycles. The fraction of sp³-hybridized carbons (Fsp3) is 0.727. The number of hydrogen-bond donors (Lipinski definition) is 1. The van der Waals surface area contributed by atoms with Gasteiger partial charge >= 0.3 is 0 Å². The van der Waals surface area contributed by atoms with Crippen molar-refractivity contribution < 1.29 is 0 Å². The molecule has 78 valence electrons. The van der Waals surface area contributed by atoms with Gasteiger partial charge in [0.15, 0.2) is 0 Å². The van der Waals surface area contributed by atoms with Gasteiger partial charge in [-0.1, -0.05) is 0 Å². The number of aryl methyl sites for hydroxylation is 1. The average Bonchev–Trinajstić information content (AvgIpc) is 2.49. The van der Waals surface area contributed by atoms with E-state index in [0.717, 1.165) is 13.0 Å². The molecule has 0 unspecified atom stereocenters. The van der Waals surface area contributed by atoms with Crippen LogP contribution in [-0.4, -0.2) is 21.9 Å². The van der Waals surface area contributed by atoms with E-state index in [1.54, 1.807) is 0 Å². The zero-order chi connectivity index (χ0) is 10.0. The summed E-state index contributed by atoms with van der Waals surface area (Å²) in [6.07, 6.45) is 9.18. The van der Waals surface area contributed by atoms with Crippen molar-refractivity contribution in [3.63, 3.8) is 0 Å². The summed E-state index contributed by atoms with van der Waals surface area (Å²) >= 11 is 0. The minimum Gasteiger partial charge on any atom is -0.311 e. The number of rotatable bonds is 4. The summed E-state index contributed by atoms with van der Waals surface area (Å²) in [6, 6.07) is 0. The molecule has 1 aliphatic carbocycles. The van der Waals surface area contributed by atoms with Crippen molar-refractivity contribution in [2.45, 2.75) is 38.1 Å². The van der Waals surface area contributed by atoms with Crippen LogP contribution in [0.5, 0.6) is 0 Å². The first-order chi connectivity index (χ1) is 6.68. The molecular weight excluding hydrogens is 174 g/mol. The average molecular weight is 193 g/mol. The molecule has 0 bridgehead atoms. The van der Waals surface area contributed by atoms with E-state index < -0.39 is 0 Å². The molecule has 14 heavy (non-hydrogen) atoms. The van der Waals surface area contributed by atoms with Crippen molar-refractivity contribution in [2.24, 2.45) is 7.05 Å². The predicted molar refractivity (Wildman–Crippen MR) is 57.2 cm³/mol. The van der Waals surface area contributed by atoms with E-state index >= 15 is 0 Å². The lowest BCUT2D eigenvalue weighted by Gasteiger charge is -2.39. The molecule has 1 aromatic heterocycles. The first kappa shape index (κ1) is 9.71. The van der Waals surface area contributed by atoms with E-state index in [-0.39, 0.29) is 0 Å². The van der Waals surface area contributed by atoms with Gasteiger partial charge in [0.2, 0.25) is 0 Å². The van der Waals surface area contributed by atoms with Crippen LogP contribution in [0.15, 0.2) is 12.4 Å². The molecule has 1 N–H and O–H groups in total. The lowest BCUT2D eigenvalue weighted by Crippen LogP contribution is -2.48. The lowest BCUT2D eigenvalue weighted by molar-refractivity contribution is 0.210. The third-order valence-electron chi connectivity index (χ3n) is 3.18. The Balaban J connectivity index is 1.72. The smallest absolute Gasteiger partial charge is 0.0522 e. The Kier molecular flexibility index (Phi) is 2.59. The second-order valence-electron chi connectivity index (χ2n) is 4.61. The molecule has 0 spiro atoms. The number of aromatic nitrogens is 2. The second-order valence-corrected chi connectivity index (χ2v) is 4.61. The zero-order valence-electron chi connectivity index (χ0n) is 9.08. The summed E-state index contributed by atoms with van der Waals surface area (Å²) in [4.78, 5) is 0. The van der Waals surface area contributed by atoms with Crippen LogP contribution in [0.4, 0.5) is 0 Å². The van der Waals surface area contributed by atoms with Crippen LogP contribution >= 0.6 is 0 Å². The second kappa shape index (κ2) is 3.73. The lowest BCUT2D eigenvalue weighted by atomic mass is 9.78. The van der Waals surface area contributed by atoms with Crippen LogP contribution in [0.1, 0.15) is 31.7 Å². The topological polar surface area (TPSA) is 29.9 Å². The molecule has 0 atom stereocenters. The zero-order valence-corrected chi connectivity index (χ0v) is 9.08. The molecule has 1 fully saturated rings. The van der Waals surface area contributed by atoms with Crippen molar-refractivity contribution in [1.29, 1.82) is 0 Å². The third-order valence-corrected chi connectivity index (χ3v) is 3.18. The van der Waals surface area contributed by atoms with Crippen LogP contribution in [0, 0.1) is 0 Å². The first-order valence-electron chi connectivity index (χ1n) is 5.41.